The van der Waals surface area contributed by atoms with Gasteiger partial charge in [0.05, 0.1) is 18.2 Å². The van der Waals surface area contributed by atoms with Crippen molar-refractivity contribution in [3.8, 4) is 5.75 Å². The SMILES string of the molecule is COc1ccc(C)cc1C(C)NC(=O)c1ccc(Cl)c(S(=O)(=O)N(C)C)c1. The zero-order valence-electron chi connectivity index (χ0n) is 15.9. The summed E-state index contributed by atoms with van der Waals surface area (Å²) in [6.45, 7) is 3.79. The second kappa shape index (κ2) is 8.29. The first-order valence-corrected chi connectivity index (χ1v) is 10.1. The van der Waals surface area contributed by atoms with Crippen molar-refractivity contribution in [1.82, 2.24) is 9.62 Å². The summed E-state index contributed by atoms with van der Waals surface area (Å²) in [6.07, 6.45) is 0. The summed E-state index contributed by atoms with van der Waals surface area (Å²) >= 11 is 6.03. The van der Waals surface area contributed by atoms with E-state index in [-0.39, 0.29) is 21.5 Å². The van der Waals surface area contributed by atoms with Crippen LogP contribution in [0.15, 0.2) is 41.3 Å². The summed E-state index contributed by atoms with van der Waals surface area (Å²) in [5.74, 6) is 0.262. The van der Waals surface area contributed by atoms with Crippen LogP contribution >= 0.6 is 11.6 Å². The van der Waals surface area contributed by atoms with Crippen LogP contribution in [-0.2, 0) is 10.0 Å². The minimum absolute atomic E-state index is 0.0636. The maximum atomic E-state index is 12.7. The molecule has 0 aliphatic carbocycles. The third-order valence-corrected chi connectivity index (χ3v) is 6.45. The smallest absolute Gasteiger partial charge is 0.251 e. The van der Waals surface area contributed by atoms with Gasteiger partial charge in [-0.15, -0.1) is 0 Å². The number of aryl methyl sites for hydroxylation is 1. The predicted molar refractivity (Wildman–Crippen MR) is 106 cm³/mol. The van der Waals surface area contributed by atoms with Crippen molar-refractivity contribution in [3.63, 3.8) is 0 Å². The average molecular weight is 411 g/mol. The van der Waals surface area contributed by atoms with Crippen molar-refractivity contribution in [2.45, 2.75) is 24.8 Å². The molecule has 0 saturated carbocycles. The molecule has 146 valence electrons. The largest absolute Gasteiger partial charge is 0.496 e. The lowest BCUT2D eigenvalue weighted by molar-refractivity contribution is 0.0939. The Morgan fingerprint density at radius 2 is 1.85 bits per heavy atom. The fourth-order valence-electron chi connectivity index (χ4n) is 2.59. The number of methoxy groups -OCH3 is 1. The zero-order valence-corrected chi connectivity index (χ0v) is 17.5. The lowest BCUT2D eigenvalue weighted by atomic mass is 10.0. The molecule has 2 aromatic rings. The number of hydrogen-bond donors (Lipinski definition) is 1. The average Bonchev–Trinajstić information content (AvgIpc) is 2.61. The normalized spacial score (nSPS) is 12.7. The van der Waals surface area contributed by atoms with Crippen LogP contribution in [0.25, 0.3) is 0 Å². The molecule has 27 heavy (non-hydrogen) atoms. The first-order chi connectivity index (χ1) is 12.6. The Hall–Kier alpha value is -2.09. The minimum atomic E-state index is -3.76. The number of nitrogens with one attached hydrogen (secondary N) is 1. The Morgan fingerprint density at radius 3 is 2.44 bits per heavy atom. The zero-order chi connectivity index (χ0) is 20.4. The van der Waals surface area contributed by atoms with Crippen molar-refractivity contribution in [2.24, 2.45) is 0 Å². The van der Waals surface area contributed by atoms with E-state index >= 15 is 0 Å². The van der Waals surface area contributed by atoms with Gasteiger partial charge in [0.25, 0.3) is 5.91 Å². The van der Waals surface area contributed by atoms with Gasteiger partial charge in [0.15, 0.2) is 0 Å². The molecular weight excluding hydrogens is 388 g/mol. The van der Waals surface area contributed by atoms with Crippen LogP contribution in [0.3, 0.4) is 0 Å². The number of amides is 1. The van der Waals surface area contributed by atoms with Crippen LogP contribution < -0.4 is 10.1 Å². The van der Waals surface area contributed by atoms with Gasteiger partial charge in [-0.2, -0.15) is 0 Å². The summed E-state index contributed by atoms with van der Waals surface area (Å²) in [6, 6.07) is 9.56. The molecule has 1 N–H and O–H groups in total. The Morgan fingerprint density at radius 1 is 1.19 bits per heavy atom. The van der Waals surface area contributed by atoms with Gasteiger partial charge in [0.2, 0.25) is 10.0 Å². The molecule has 0 radical (unpaired) electrons. The van der Waals surface area contributed by atoms with E-state index in [1.807, 2.05) is 32.0 Å². The van der Waals surface area contributed by atoms with E-state index in [9.17, 15) is 13.2 Å². The van der Waals surface area contributed by atoms with Crippen molar-refractivity contribution < 1.29 is 17.9 Å². The third-order valence-electron chi connectivity index (χ3n) is 4.15. The number of sulfonamides is 1. The lowest BCUT2D eigenvalue weighted by Crippen LogP contribution is -2.28. The van der Waals surface area contributed by atoms with Gasteiger partial charge in [0.1, 0.15) is 10.6 Å². The van der Waals surface area contributed by atoms with Gasteiger partial charge in [0, 0.05) is 25.2 Å². The number of nitrogens with zero attached hydrogens (tertiary/aromatic N) is 1. The molecule has 1 unspecified atom stereocenters. The first-order valence-electron chi connectivity index (χ1n) is 8.25. The van der Waals surface area contributed by atoms with Gasteiger partial charge in [-0.25, -0.2) is 12.7 Å². The molecule has 0 bridgehead atoms. The molecule has 0 spiro atoms. The van der Waals surface area contributed by atoms with Gasteiger partial charge < -0.3 is 10.1 Å². The number of ether oxygens (including phenoxy) is 1. The molecule has 1 atom stereocenters. The van der Waals surface area contributed by atoms with E-state index in [1.54, 1.807) is 7.11 Å². The molecule has 6 nitrogen and oxygen atoms in total. The molecule has 8 heteroatoms. The number of benzene rings is 2. The highest BCUT2D eigenvalue weighted by Crippen LogP contribution is 2.28. The van der Waals surface area contributed by atoms with E-state index in [2.05, 4.69) is 5.32 Å². The van der Waals surface area contributed by atoms with Crippen LogP contribution in [0, 0.1) is 6.92 Å². The summed E-state index contributed by atoms with van der Waals surface area (Å²) in [5.41, 5.74) is 2.08. The highest BCUT2D eigenvalue weighted by molar-refractivity contribution is 7.89. The summed E-state index contributed by atoms with van der Waals surface area (Å²) in [5, 5.41) is 2.93. The highest BCUT2D eigenvalue weighted by atomic mass is 35.5. The first kappa shape index (κ1) is 21.2. The van der Waals surface area contributed by atoms with Gasteiger partial charge in [-0.1, -0.05) is 29.3 Å². The van der Waals surface area contributed by atoms with E-state index in [4.69, 9.17) is 16.3 Å². The number of carbonyl (C=O) groups excluding carboxylic acids is 1. The van der Waals surface area contributed by atoms with Crippen LogP contribution in [-0.4, -0.2) is 39.8 Å². The molecule has 1 amide bonds. The predicted octanol–water partition coefficient (Wildman–Crippen LogP) is 3.40. The monoisotopic (exact) mass is 410 g/mol. The molecular formula is C19H23ClN2O4S. The summed E-state index contributed by atoms with van der Waals surface area (Å²) in [4.78, 5) is 12.6. The van der Waals surface area contributed by atoms with Crippen molar-refractivity contribution >= 4 is 27.5 Å². The second-order valence-electron chi connectivity index (χ2n) is 6.37. The van der Waals surface area contributed by atoms with Crippen molar-refractivity contribution in [3.05, 3.63) is 58.1 Å². The molecule has 0 aliphatic heterocycles. The van der Waals surface area contributed by atoms with Crippen LogP contribution in [0.4, 0.5) is 0 Å². The van der Waals surface area contributed by atoms with Crippen molar-refractivity contribution in [2.75, 3.05) is 21.2 Å². The van der Waals surface area contributed by atoms with E-state index in [0.717, 1.165) is 15.4 Å². The number of halogens is 1. The summed E-state index contributed by atoms with van der Waals surface area (Å²) < 4.78 is 31.2. The summed E-state index contributed by atoms with van der Waals surface area (Å²) in [7, 11) is 0.625. The Balaban J connectivity index is 2.33. The minimum Gasteiger partial charge on any atom is -0.496 e. The Labute approximate surface area is 165 Å². The highest BCUT2D eigenvalue weighted by Gasteiger charge is 2.23. The van der Waals surface area contributed by atoms with Crippen LogP contribution in [0.2, 0.25) is 5.02 Å². The second-order valence-corrected chi connectivity index (χ2v) is 8.90. The quantitative estimate of drug-likeness (QED) is 0.791. The number of hydrogen-bond acceptors (Lipinski definition) is 4. The van der Waals surface area contributed by atoms with E-state index in [0.29, 0.717) is 5.75 Å². The molecule has 2 rings (SSSR count). The molecule has 0 aliphatic rings. The van der Waals surface area contributed by atoms with E-state index < -0.39 is 15.9 Å². The maximum absolute atomic E-state index is 12.7. The molecule has 0 fully saturated rings. The van der Waals surface area contributed by atoms with Crippen LogP contribution in [0.5, 0.6) is 5.75 Å². The molecule has 0 saturated heterocycles. The topological polar surface area (TPSA) is 75.7 Å². The Bertz CT molecular complexity index is 958. The van der Waals surface area contributed by atoms with E-state index in [1.165, 1.54) is 32.3 Å². The molecule has 0 heterocycles. The molecule has 2 aromatic carbocycles. The number of rotatable bonds is 6. The fourth-order valence-corrected chi connectivity index (χ4v) is 3.98. The fraction of sp³-hybridized carbons (Fsp3) is 0.316. The van der Waals surface area contributed by atoms with Crippen LogP contribution in [0.1, 0.15) is 34.5 Å². The van der Waals surface area contributed by atoms with Gasteiger partial charge in [-0.3, -0.25) is 4.79 Å². The number of carbonyl (C=O) groups is 1. The standard InChI is InChI=1S/C19H23ClN2O4S/c1-12-6-9-17(26-5)15(10-12)13(2)21-19(23)14-7-8-16(20)18(11-14)27(24,25)22(3)4/h6-11,13H,1-5H3,(H,21,23). The van der Waals surface area contributed by atoms with Gasteiger partial charge in [-0.05, 0) is 38.1 Å². The Kier molecular flexibility index (Phi) is 6.51. The molecule has 0 aromatic heterocycles. The maximum Gasteiger partial charge on any atom is 0.251 e. The lowest BCUT2D eigenvalue weighted by Gasteiger charge is -2.19. The third kappa shape index (κ3) is 4.61. The van der Waals surface area contributed by atoms with Gasteiger partial charge >= 0.3 is 0 Å². The van der Waals surface area contributed by atoms with Crippen molar-refractivity contribution in [1.29, 1.82) is 0 Å².